The Morgan fingerprint density at radius 2 is 1.83 bits per heavy atom. The molecule has 0 heterocycles. The third-order valence-electron chi connectivity index (χ3n) is 1.66. The Kier molecular flexibility index (Phi) is 4.62. The van der Waals surface area contributed by atoms with Gasteiger partial charge in [0.1, 0.15) is 0 Å². The van der Waals surface area contributed by atoms with Crippen LogP contribution in [-0.4, -0.2) is 5.75 Å². The van der Waals surface area contributed by atoms with Crippen molar-refractivity contribution in [1.82, 2.24) is 0 Å². The summed E-state index contributed by atoms with van der Waals surface area (Å²) in [6.45, 7) is 0. The molecule has 0 fully saturated rings. The molecule has 0 atom stereocenters. The van der Waals surface area contributed by atoms with Crippen molar-refractivity contribution in [3.8, 4) is 0 Å². The number of rotatable bonds is 4. The van der Waals surface area contributed by atoms with Gasteiger partial charge in [0.2, 0.25) is 0 Å². The maximum atomic E-state index is 4.13. The minimum Gasteiger partial charge on any atom is -0.179 e. The van der Waals surface area contributed by atoms with E-state index in [0.29, 0.717) is 0 Å². The summed E-state index contributed by atoms with van der Waals surface area (Å²) in [5, 5.41) is 0. The van der Waals surface area contributed by atoms with E-state index in [2.05, 4.69) is 49.0 Å². The fraction of sp³-hybridized carbons (Fsp3) is 0.273. The Hall–Kier alpha value is -0.690. The standard InChI is InChI=1S/C11H14S/c12-10-6-2-5-9-11-7-3-1-4-8-11/h1-5,7-8,12H,6,9-10H2/b5-2+. The van der Waals surface area contributed by atoms with Crippen LogP contribution in [0.25, 0.3) is 0 Å². The molecule has 0 unspecified atom stereocenters. The number of hydrogen-bond acceptors (Lipinski definition) is 1. The van der Waals surface area contributed by atoms with E-state index in [0.717, 1.165) is 18.6 Å². The van der Waals surface area contributed by atoms with E-state index >= 15 is 0 Å². The molecule has 1 aromatic carbocycles. The second kappa shape index (κ2) is 5.90. The summed E-state index contributed by atoms with van der Waals surface area (Å²) in [6.07, 6.45) is 6.48. The van der Waals surface area contributed by atoms with Crippen LogP contribution < -0.4 is 0 Å². The van der Waals surface area contributed by atoms with Crippen LogP contribution in [0.2, 0.25) is 0 Å². The molecule has 0 spiro atoms. The molecule has 64 valence electrons. The van der Waals surface area contributed by atoms with Crippen molar-refractivity contribution in [3.63, 3.8) is 0 Å². The van der Waals surface area contributed by atoms with Gasteiger partial charge in [-0.2, -0.15) is 12.6 Å². The van der Waals surface area contributed by atoms with Crippen molar-refractivity contribution in [3.05, 3.63) is 48.0 Å². The van der Waals surface area contributed by atoms with Crippen LogP contribution in [0.4, 0.5) is 0 Å². The van der Waals surface area contributed by atoms with Crippen molar-refractivity contribution in [2.45, 2.75) is 12.8 Å². The highest BCUT2D eigenvalue weighted by molar-refractivity contribution is 7.80. The van der Waals surface area contributed by atoms with Crippen molar-refractivity contribution >= 4 is 12.6 Å². The summed E-state index contributed by atoms with van der Waals surface area (Å²) in [5.41, 5.74) is 1.37. The fourth-order valence-corrected chi connectivity index (χ4v) is 1.17. The maximum absolute atomic E-state index is 4.13. The smallest absolute Gasteiger partial charge is 0.00633 e. The van der Waals surface area contributed by atoms with Gasteiger partial charge in [-0.1, -0.05) is 42.5 Å². The van der Waals surface area contributed by atoms with Crippen LogP contribution in [-0.2, 0) is 6.42 Å². The largest absolute Gasteiger partial charge is 0.179 e. The molecule has 0 N–H and O–H groups in total. The van der Waals surface area contributed by atoms with Crippen LogP contribution in [0.15, 0.2) is 42.5 Å². The molecule has 1 rings (SSSR count). The minimum atomic E-state index is 0.936. The predicted octanol–water partition coefficient (Wildman–Crippen LogP) is 3.11. The zero-order chi connectivity index (χ0) is 8.65. The van der Waals surface area contributed by atoms with E-state index in [1.807, 2.05) is 6.07 Å². The molecule has 0 nitrogen and oxygen atoms in total. The molecule has 0 saturated heterocycles. The highest BCUT2D eigenvalue weighted by Crippen LogP contribution is 2.00. The maximum Gasteiger partial charge on any atom is -0.00633 e. The highest BCUT2D eigenvalue weighted by Gasteiger charge is 1.84. The summed E-state index contributed by atoms with van der Waals surface area (Å²) in [4.78, 5) is 0. The quantitative estimate of drug-likeness (QED) is 0.531. The molecule has 0 bridgehead atoms. The van der Waals surface area contributed by atoms with Gasteiger partial charge in [0.15, 0.2) is 0 Å². The number of hydrogen-bond donors (Lipinski definition) is 1. The zero-order valence-electron chi connectivity index (χ0n) is 7.11. The van der Waals surface area contributed by atoms with Crippen LogP contribution in [0.3, 0.4) is 0 Å². The first kappa shape index (κ1) is 9.40. The van der Waals surface area contributed by atoms with Gasteiger partial charge in [-0.25, -0.2) is 0 Å². The lowest BCUT2D eigenvalue weighted by atomic mass is 10.1. The van der Waals surface area contributed by atoms with Crippen molar-refractivity contribution in [1.29, 1.82) is 0 Å². The topological polar surface area (TPSA) is 0 Å². The van der Waals surface area contributed by atoms with E-state index in [-0.39, 0.29) is 0 Å². The van der Waals surface area contributed by atoms with Gasteiger partial charge in [0, 0.05) is 0 Å². The van der Waals surface area contributed by atoms with E-state index in [1.165, 1.54) is 5.56 Å². The van der Waals surface area contributed by atoms with Crippen LogP contribution in [0, 0.1) is 0 Å². The number of thiol groups is 1. The fourth-order valence-electron chi connectivity index (χ4n) is 1.03. The van der Waals surface area contributed by atoms with Gasteiger partial charge in [-0.3, -0.25) is 0 Å². The van der Waals surface area contributed by atoms with Gasteiger partial charge < -0.3 is 0 Å². The third-order valence-corrected chi connectivity index (χ3v) is 1.92. The van der Waals surface area contributed by atoms with Crippen LogP contribution in [0.1, 0.15) is 12.0 Å². The molecule has 0 amide bonds. The molecule has 12 heavy (non-hydrogen) atoms. The van der Waals surface area contributed by atoms with E-state index in [1.54, 1.807) is 0 Å². The summed E-state index contributed by atoms with van der Waals surface area (Å²) < 4.78 is 0. The average molecular weight is 178 g/mol. The van der Waals surface area contributed by atoms with Gasteiger partial charge in [-0.15, -0.1) is 0 Å². The van der Waals surface area contributed by atoms with Crippen molar-refractivity contribution in [2.75, 3.05) is 5.75 Å². The first-order valence-corrected chi connectivity index (χ1v) is 4.86. The third kappa shape index (κ3) is 3.63. The minimum absolute atomic E-state index is 0.936. The molecule has 0 aliphatic heterocycles. The average Bonchev–Trinajstić information content (AvgIpc) is 2.14. The zero-order valence-corrected chi connectivity index (χ0v) is 8.00. The first-order chi connectivity index (χ1) is 5.93. The van der Waals surface area contributed by atoms with Gasteiger partial charge >= 0.3 is 0 Å². The monoisotopic (exact) mass is 178 g/mol. The molecule has 1 heteroatoms. The summed E-state index contributed by atoms with van der Waals surface area (Å²) in [5.74, 6) is 0.936. The highest BCUT2D eigenvalue weighted by atomic mass is 32.1. The molecular formula is C11H14S. The summed E-state index contributed by atoms with van der Waals surface area (Å²) in [6, 6.07) is 10.5. The molecule has 0 radical (unpaired) electrons. The first-order valence-electron chi connectivity index (χ1n) is 4.23. The van der Waals surface area contributed by atoms with E-state index in [4.69, 9.17) is 0 Å². The number of allylic oxidation sites excluding steroid dienone is 2. The van der Waals surface area contributed by atoms with Crippen molar-refractivity contribution in [2.24, 2.45) is 0 Å². The molecule has 0 aromatic heterocycles. The molecule has 0 aliphatic rings. The Labute approximate surface area is 79.7 Å². The Morgan fingerprint density at radius 1 is 1.08 bits per heavy atom. The predicted molar refractivity (Wildman–Crippen MR) is 57.8 cm³/mol. The lowest BCUT2D eigenvalue weighted by Crippen LogP contribution is -1.78. The second-order valence-corrected chi connectivity index (χ2v) is 3.12. The van der Waals surface area contributed by atoms with E-state index < -0.39 is 0 Å². The molecule has 1 aromatic rings. The SMILES string of the molecule is SCC/C=C/Cc1ccccc1. The number of benzene rings is 1. The Morgan fingerprint density at radius 3 is 2.50 bits per heavy atom. The molecular weight excluding hydrogens is 164 g/mol. The van der Waals surface area contributed by atoms with Crippen LogP contribution in [0.5, 0.6) is 0 Å². The summed E-state index contributed by atoms with van der Waals surface area (Å²) in [7, 11) is 0. The van der Waals surface area contributed by atoms with E-state index in [9.17, 15) is 0 Å². The van der Waals surface area contributed by atoms with Crippen molar-refractivity contribution < 1.29 is 0 Å². The van der Waals surface area contributed by atoms with Gasteiger partial charge in [-0.05, 0) is 24.2 Å². The van der Waals surface area contributed by atoms with Gasteiger partial charge in [0.05, 0.1) is 0 Å². The lowest BCUT2D eigenvalue weighted by molar-refractivity contribution is 1.19. The Bertz CT molecular complexity index is 226. The van der Waals surface area contributed by atoms with Gasteiger partial charge in [0.25, 0.3) is 0 Å². The molecule has 0 aliphatic carbocycles. The molecule has 0 saturated carbocycles. The summed E-state index contributed by atoms with van der Waals surface area (Å²) >= 11 is 4.13. The second-order valence-electron chi connectivity index (χ2n) is 2.67. The lowest BCUT2D eigenvalue weighted by Gasteiger charge is -1.93. The van der Waals surface area contributed by atoms with Crippen LogP contribution >= 0.6 is 12.6 Å². The normalized spacial score (nSPS) is 10.8. The Balaban J connectivity index is 2.33.